The zero-order valence-electron chi connectivity index (χ0n) is 21.3. The Balaban J connectivity index is 1.15. The van der Waals surface area contributed by atoms with Crippen molar-refractivity contribution in [2.45, 2.75) is 36.8 Å². The van der Waals surface area contributed by atoms with Crippen molar-refractivity contribution < 1.29 is 22.8 Å². The van der Waals surface area contributed by atoms with Crippen molar-refractivity contribution in [2.24, 2.45) is 5.92 Å². The summed E-state index contributed by atoms with van der Waals surface area (Å²) >= 11 is 2.25. The van der Waals surface area contributed by atoms with Crippen LogP contribution in [0.25, 0.3) is 0 Å². The first kappa shape index (κ1) is 27.2. The first-order valence-corrected chi connectivity index (χ1v) is 15.7. The fraction of sp³-hybridized carbons (Fsp3) is 0.400. The largest absolute Gasteiger partial charge is 0.348 e. The molecule has 206 valence electrons. The van der Waals surface area contributed by atoms with Gasteiger partial charge >= 0.3 is 11.8 Å². The van der Waals surface area contributed by atoms with Gasteiger partial charge in [0.2, 0.25) is 0 Å². The normalized spacial score (nSPS) is 16.0. The topological polar surface area (TPSA) is 142 Å². The lowest BCUT2D eigenvalue weighted by Crippen LogP contribution is -2.43. The molecule has 3 aromatic rings. The van der Waals surface area contributed by atoms with E-state index in [2.05, 4.69) is 20.2 Å². The van der Waals surface area contributed by atoms with E-state index < -0.39 is 21.8 Å². The van der Waals surface area contributed by atoms with Gasteiger partial charge in [-0.2, -0.15) is 0 Å². The number of aromatic nitrogens is 2. The number of carbonyl (C=O) groups is 3. The van der Waals surface area contributed by atoms with E-state index in [1.165, 1.54) is 4.31 Å². The monoisotopic (exact) mass is 588 g/mol. The summed E-state index contributed by atoms with van der Waals surface area (Å²) in [5, 5.41) is 10.9. The fourth-order valence-corrected chi connectivity index (χ4v) is 8.07. The molecule has 0 bridgehead atoms. The van der Waals surface area contributed by atoms with Gasteiger partial charge < -0.3 is 15.5 Å². The van der Waals surface area contributed by atoms with E-state index in [0.717, 1.165) is 34.9 Å². The number of rotatable bonds is 6. The van der Waals surface area contributed by atoms with Gasteiger partial charge in [-0.25, -0.2) is 8.42 Å². The molecule has 0 atom stereocenters. The van der Waals surface area contributed by atoms with Gasteiger partial charge in [-0.1, -0.05) is 16.6 Å². The van der Waals surface area contributed by atoms with Crippen LogP contribution in [0.1, 0.15) is 40.2 Å². The van der Waals surface area contributed by atoms with Crippen molar-refractivity contribution in [2.75, 3.05) is 35.8 Å². The van der Waals surface area contributed by atoms with Crippen molar-refractivity contribution in [3.8, 4) is 0 Å². The van der Waals surface area contributed by atoms with Gasteiger partial charge in [0.05, 0.1) is 11.4 Å². The van der Waals surface area contributed by atoms with Gasteiger partial charge in [0.1, 0.15) is 9.09 Å². The average Bonchev–Trinajstić information content (AvgIpc) is 3.64. The molecular weight excluding hydrogens is 561 g/mol. The number of carbonyl (C=O) groups excluding carboxylic acids is 3. The molecule has 2 aliphatic rings. The summed E-state index contributed by atoms with van der Waals surface area (Å²) in [5.41, 5.74) is 2.36. The molecule has 39 heavy (non-hydrogen) atoms. The quantitative estimate of drug-likeness (QED) is 0.422. The number of anilines is 2. The second-order valence-electron chi connectivity index (χ2n) is 9.54. The number of piperidine rings is 1. The lowest BCUT2D eigenvalue weighted by Gasteiger charge is -2.31. The van der Waals surface area contributed by atoms with E-state index in [0.29, 0.717) is 67.4 Å². The van der Waals surface area contributed by atoms with Crippen LogP contribution in [0, 0.1) is 12.8 Å². The number of benzene rings is 1. The molecule has 1 saturated heterocycles. The molecule has 2 N–H and O–H groups in total. The van der Waals surface area contributed by atoms with Crippen molar-refractivity contribution in [1.29, 1.82) is 0 Å². The SMILES string of the molecule is Cc1nnsc1C(=O)N1CCC(CNC(=O)C(=O)Nc2ccc3c(c2)N(S(=O)(=O)c2cccs2)CCC3)CC1. The van der Waals surface area contributed by atoms with Gasteiger partial charge in [0.25, 0.3) is 15.9 Å². The molecule has 4 heterocycles. The minimum atomic E-state index is -3.71. The molecule has 0 saturated carbocycles. The van der Waals surface area contributed by atoms with Crippen LogP contribution in [0.2, 0.25) is 0 Å². The van der Waals surface area contributed by atoms with E-state index in [1.807, 2.05) is 0 Å². The lowest BCUT2D eigenvalue weighted by atomic mass is 9.96. The molecule has 3 amide bonds. The van der Waals surface area contributed by atoms with Crippen LogP contribution >= 0.6 is 22.9 Å². The Hall–Kier alpha value is -3.36. The minimum Gasteiger partial charge on any atom is -0.348 e. The number of hydrogen-bond acceptors (Lipinski definition) is 9. The van der Waals surface area contributed by atoms with Gasteiger partial charge in [0, 0.05) is 31.9 Å². The van der Waals surface area contributed by atoms with Crippen molar-refractivity contribution in [3.63, 3.8) is 0 Å². The van der Waals surface area contributed by atoms with Crippen LogP contribution in [-0.2, 0) is 26.0 Å². The van der Waals surface area contributed by atoms with Gasteiger partial charge in [-0.15, -0.1) is 16.4 Å². The smallest absolute Gasteiger partial charge is 0.313 e. The highest BCUT2D eigenvalue weighted by molar-refractivity contribution is 7.94. The highest BCUT2D eigenvalue weighted by atomic mass is 32.2. The van der Waals surface area contributed by atoms with Crippen LogP contribution in [-0.4, -0.2) is 66.8 Å². The fourth-order valence-electron chi connectivity index (χ4n) is 4.80. The Morgan fingerprint density at radius 3 is 2.59 bits per heavy atom. The van der Waals surface area contributed by atoms with E-state index in [1.54, 1.807) is 47.5 Å². The summed E-state index contributed by atoms with van der Waals surface area (Å²) in [6.45, 7) is 3.55. The molecule has 0 aliphatic carbocycles. The zero-order valence-corrected chi connectivity index (χ0v) is 23.7. The standard InChI is InChI=1S/C25H28N6O5S3/c1-16-22(38-29-28-16)25(34)30-11-8-17(9-12-30)15-26-23(32)24(33)27-19-7-6-18-4-2-10-31(20(18)14-19)39(35,36)21-5-3-13-37-21/h3,5-7,13-14,17H,2,4,8-12,15H2,1H3,(H,26,32)(H,27,33). The molecule has 11 nitrogen and oxygen atoms in total. The maximum atomic E-state index is 13.2. The van der Waals surface area contributed by atoms with Gasteiger partial charge in [-0.05, 0) is 79.2 Å². The predicted octanol–water partition coefficient (Wildman–Crippen LogP) is 2.66. The van der Waals surface area contributed by atoms with Crippen LogP contribution in [0.5, 0.6) is 0 Å². The van der Waals surface area contributed by atoms with E-state index in [-0.39, 0.29) is 16.0 Å². The molecule has 0 radical (unpaired) electrons. The highest BCUT2D eigenvalue weighted by Gasteiger charge is 2.31. The number of nitrogens with zero attached hydrogens (tertiary/aromatic N) is 4. The number of aryl methyl sites for hydroxylation is 2. The van der Waals surface area contributed by atoms with Gasteiger partial charge in [0.15, 0.2) is 0 Å². The number of fused-ring (bicyclic) bond motifs is 1. The van der Waals surface area contributed by atoms with Crippen LogP contribution in [0.4, 0.5) is 11.4 Å². The number of hydrogen-bond donors (Lipinski definition) is 2. The van der Waals surface area contributed by atoms with Crippen molar-refractivity contribution in [1.82, 2.24) is 19.8 Å². The van der Waals surface area contributed by atoms with Crippen LogP contribution in [0.15, 0.2) is 39.9 Å². The van der Waals surface area contributed by atoms with Crippen LogP contribution < -0.4 is 14.9 Å². The summed E-state index contributed by atoms with van der Waals surface area (Å²) in [6, 6.07) is 8.35. The van der Waals surface area contributed by atoms with Gasteiger partial charge in [-0.3, -0.25) is 18.7 Å². The number of amides is 3. The third kappa shape index (κ3) is 5.82. The van der Waals surface area contributed by atoms with Crippen molar-refractivity contribution in [3.05, 3.63) is 51.8 Å². The molecule has 14 heteroatoms. The maximum absolute atomic E-state index is 13.2. The number of nitrogens with one attached hydrogen (secondary N) is 2. The molecule has 0 spiro atoms. The molecule has 2 aromatic heterocycles. The highest BCUT2D eigenvalue weighted by Crippen LogP contribution is 2.35. The number of thiophene rings is 1. The van der Waals surface area contributed by atoms with Crippen LogP contribution in [0.3, 0.4) is 0 Å². The summed E-state index contributed by atoms with van der Waals surface area (Å²) < 4.78 is 31.8. The zero-order chi connectivity index (χ0) is 27.6. The third-order valence-corrected chi connectivity index (χ3v) is 11.0. The Bertz CT molecular complexity index is 1480. The summed E-state index contributed by atoms with van der Waals surface area (Å²) in [5.74, 6) is -1.51. The maximum Gasteiger partial charge on any atom is 0.313 e. The molecule has 2 aliphatic heterocycles. The number of sulfonamides is 1. The number of likely N-dealkylation sites (tertiary alicyclic amines) is 1. The predicted molar refractivity (Wildman–Crippen MR) is 149 cm³/mol. The second-order valence-corrected chi connectivity index (χ2v) is 13.3. The van der Waals surface area contributed by atoms with Crippen molar-refractivity contribution >= 4 is 62.0 Å². The molecule has 1 fully saturated rings. The molecular formula is C25H28N6O5S3. The molecule has 1 aromatic carbocycles. The first-order valence-electron chi connectivity index (χ1n) is 12.6. The lowest BCUT2D eigenvalue weighted by molar-refractivity contribution is -0.136. The minimum absolute atomic E-state index is 0.0730. The van der Waals surface area contributed by atoms with E-state index in [9.17, 15) is 22.8 Å². The first-order chi connectivity index (χ1) is 18.7. The average molecular weight is 589 g/mol. The Labute approximate surface area is 234 Å². The molecule has 0 unspecified atom stereocenters. The summed E-state index contributed by atoms with van der Waals surface area (Å²) in [6.07, 6.45) is 2.84. The van der Waals surface area contributed by atoms with E-state index in [4.69, 9.17) is 0 Å². The Kier molecular flexibility index (Phi) is 7.96. The second kappa shape index (κ2) is 11.4. The third-order valence-electron chi connectivity index (χ3n) is 6.96. The van der Waals surface area contributed by atoms with E-state index >= 15 is 0 Å². The Morgan fingerprint density at radius 2 is 1.90 bits per heavy atom. The summed E-state index contributed by atoms with van der Waals surface area (Å²) in [4.78, 5) is 40.1. The Morgan fingerprint density at radius 1 is 1.10 bits per heavy atom. The summed E-state index contributed by atoms with van der Waals surface area (Å²) in [7, 11) is -3.71. The molecule has 5 rings (SSSR count).